The summed E-state index contributed by atoms with van der Waals surface area (Å²) in [5.41, 5.74) is 0.870. The molecule has 0 atom stereocenters. The van der Waals surface area contributed by atoms with Crippen molar-refractivity contribution in [2.24, 2.45) is 0 Å². The van der Waals surface area contributed by atoms with Gasteiger partial charge in [0.25, 0.3) is 15.9 Å². The summed E-state index contributed by atoms with van der Waals surface area (Å²) in [5.74, 6) is -0.491. The molecule has 0 aromatic heterocycles. The van der Waals surface area contributed by atoms with Gasteiger partial charge in [0, 0.05) is 22.3 Å². The Bertz CT molecular complexity index is 1100. The summed E-state index contributed by atoms with van der Waals surface area (Å²) in [5, 5.41) is 12.5. The van der Waals surface area contributed by atoms with Crippen molar-refractivity contribution in [2.45, 2.75) is 4.90 Å². The molecule has 0 aliphatic carbocycles. The molecule has 27 heavy (non-hydrogen) atoms. The molecule has 0 bridgehead atoms. The Labute approximate surface area is 161 Å². The van der Waals surface area contributed by atoms with Gasteiger partial charge in [-0.1, -0.05) is 29.8 Å². The van der Waals surface area contributed by atoms with Crippen molar-refractivity contribution >= 4 is 38.9 Å². The third-order valence-corrected chi connectivity index (χ3v) is 5.20. The van der Waals surface area contributed by atoms with Crippen LogP contribution in [0.4, 0.5) is 11.4 Å². The minimum absolute atomic E-state index is 0.00912. The van der Waals surface area contributed by atoms with Crippen LogP contribution in [-0.2, 0) is 10.0 Å². The monoisotopic (exact) mass is 402 g/mol. The fourth-order valence-corrected chi connectivity index (χ4v) is 3.64. The van der Waals surface area contributed by atoms with Crippen molar-refractivity contribution in [1.29, 1.82) is 0 Å². The molecular formula is C19H15ClN2O4S. The van der Waals surface area contributed by atoms with Gasteiger partial charge in [0.15, 0.2) is 0 Å². The average Bonchev–Trinajstić information content (AvgIpc) is 2.61. The van der Waals surface area contributed by atoms with Crippen molar-refractivity contribution < 1.29 is 18.3 Å². The lowest BCUT2D eigenvalue weighted by atomic mass is 10.2. The molecule has 8 heteroatoms. The van der Waals surface area contributed by atoms with E-state index >= 15 is 0 Å². The van der Waals surface area contributed by atoms with Crippen molar-refractivity contribution in [3.8, 4) is 5.75 Å². The van der Waals surface area contributed by atoms with E-state index in [1.54, 1.807) is 30.3 Å². The molecule has 0 aliphatic rings. The number of carbonyl (C=O) groups excluding carboxylic acids is 1. The van der Waals surface area contributed by atoms with Gasteiger partial charge in [-0.25, -0.2) is 8.42 Å². The fraction of sp³-hybridized carbons (Fsp3) is 0. The molecule has 3 rings (SSSR count). The van der Waals surface area contributed by atoms with Crippen LogP contribution in [0.2, 0.25) is 5.02 Å². The molecule has 0 fully saturated rings. The normalized spacial score (nSPS) is 11.0. The van der Waals surface area contributed by atoms with Gasteiger partial charge in [0.1, 0.15) is 5.75 Å². The number of carbonyl (C=O) groups is 1. The topological polar surface area (TPSA) is 95.5 Å². The van der Waals surface area contributed by atoms with E-state index in [-0.39, 0.29) is 16.2 Å². The van der Waals surface area contributed by atoms with Crippen molar-refractivity contribution in [3.63, 3.8) is 0 Å². The minimum atomic E-state index is -3.89. The second-order valence-corrected chi connectivity index (χ2v) is 7.77. The maximum absolute atomic E-state index is 12.6. The molecule has 0 heterocycles. The number of halogens is 1. The predicted molar refractivity (Wildman–Crippen MR) is 105 cm³/mol. The quantitative estimate of drug-likeness (QED) is 0.598. The number of phenols is 1. The van der Waals surface area contributed by atoms with Crippen LogP contribution in [0, 0.1) is 0 Å². The number of aromatic hydroxyl groups is 1. The van der Waals surface area contributed by atoms with Gasteiger partial charge in [-0.15, -0.1) is 0 Å². The van der Waals surface area contributed by atoms with Gasteiger partial charge in [0.2, 0.25) is 0 Å². The van der Waals surface area contributed by atoms with E-state index in [1.165, 1.54) is 42.5 Å². The highest BCUT2D eigenvalue weighted by Crippen LogP contribution is 2.21. The first-order chi connectivity index (χ1) is 12.8. The Hall–Kier alpha value is -3.03. The number of hydrogen-bond acceptors (Lipinski definition) is 4. The van der Waals surface area contributed by atoms with Crippen molar-refractivity contribution in [3.05, 3.63) is 83.4 Å². The van der Waals surface area contributed by atoms with Crippen molar-refractivity contribution in [2.75, 3.05) is 10.0 Å². The SMILES string of the molecule is O=C(Nc1cccc(O)c1)c1cccc(S(=O)(=O)Nc2cccc(Cl)c2)c1. The highest BCUT2D eigenvalue weighted by molar-refractivity contribution is 7.92. The second kappa shape index (κ2) is 7.69. The summed E-state index contributed by atoms with van der Waals surface area (Å²) in [6.07, 6.45) is 0. The number of benzene rings is 3. The van der Waals surface area contributed by atoms with Crippen LogP contribution in [0.15, 0.2) is 77.7 Å². The molecule has 3 aromatic carbocycles. The first kappa shape index (κ1) is 18.8. The average molecular weight is 403 g/mol. The lowest BCUT2D eigenvalue weighted by Crippen LogP contribution is -2.16. The Morgan fingerprint density at radius 3 is 2.33 bits per heavy atom. The second-order valence-electron chi connectivity index (χ2n) is 5.65. The van der Waals surface area contributed by atoms with E-state index < -0.39 is 15.9 Å². The molecule has 1 amide bonds. The van der Waals surface area contributed by atoms with E-state index in [1.807, 2.05) is 0 Å². The third kappa shape index (κ3) is 4.78. The first-order valence-corrected chi connectivity index (χ1v) is 9.68. The first-order valence-electron chi connectivity index (χ1n) is 7.82. The fourth-order valence-electron chi connectivity index (χ4n) is 2.36. The summed E-state index contributed by atoms with van der Waals surface area (Å²) >= 11 is 5.87. The Morgan fingerprint density at radius 2 is 1.59 bits per heavy atom. The molecule has 0 spiro atoms. The van der Waals surface area contributed by atoms with Crippen molar-refractivity contribution in [1.82, 2.24) is 0 Å². The summed E-state index contributed by atoms with van der Waals surface area (Å²) in [6.45, 7) is 0. The number of rotatable bonds is 5. The Kier molecular flexibility index (Phi) is 5.34. The molecule has 6 nitrogen and oxygen atoms in total. The maximum Gasteiger partial charge on any atom is 0.261 e. The molecule has 0 radical (unpaired) electrons. The van der Waals surface area contributed by atoms with E-state index in [4.69, 9.17) is 11.6 Å². The van der Waals surface area contributed by atoms with Gasteiger partial charge in [0.05, 0.1) is 10.6 Å². The highest BCUT2D eigenvalue weighted by Gasteiger charge is 2.17. The highest BCUT2D eigenvalue weighted by atomic mass is 35.5. The van der Waals surface area contributed by atoms with Crippen LogP contribution >= 0.6 is 11.6 Å². The molecular weight excluding hydrogens is 388 g/mol. The zero-order chi connectivity index (χ0) is 19.4. The number of hydrogen-bond donors (Lipinski definition) is 3. The number of nitrogens with one attached hydrogen (secondary N) is 2. The number of anilines is 2. The number of phenolic OH excluding ortho intramolecular Hbond substituents is 1. The minimum Gasteiger partial charge on any atom is -0.508 e. The van der Waals surface area contributed by atoms with Crippen LogP contribution in [0.25, 0.3) is 0 Å². The molecule has 0 unspecified atom stereocenters. The van der Waals surface area contributed by atoms with Gasteiger partial charge < -0.3 is 10.4 Å². The lowest BCUT2D eigenvalue weighted by Gasteiger charge is -2.10. The predicted octanol–water partition coefficient (Wildman–Crippen LogP) is 4.10. The van der Waals surface area contributed by atoms with Crippen LogP contribution in [0.1, 0.15) is 10.4 Å². The molecule has 0 saturated carbocycles. The van der Waals surface area contributed by atoms with Crippen LogP contribution in [-0.4, -0.2) is 19.4 Å². The molecule has 3 N–H and O–H groups in total. The van der Waals surface area contributed by atoms with Gasteiger partial charge in [-0.05, 0) is 48.5 Å². The third-order valence-electron chi connectivity index (χ3n) is 3.59. The standard InChI is InChI=1S/C19H15ClN2O4S/c20-14-5-2-7-16(11-14)22-27(25,26)18-9-1-4-13(10-18)19(24)21-15-6-3-8-17(23)12-15/h1-12,22-23H,(H,21,24). The number of amides is 1. The Morgan fingerprint density at radius 1 is 0.889 bits per heavy atom. The summed E-state index contributed by atoms with van der Waals surface area (Å²) < 4.78 is 27.6. The zero-order valence-corrected chi connectivity index (χ0v) is 15.5. The van der Waals surface area contributed by atoms with Crippen LogP contribution in [0.3, 0.4) is 0 Å². The Balaban J connectivity index is 1.82. The molecule has 0 aliphatic heterocycles. The molecule has 3 aromatic rings. The largest absolute Gasteiger partial charge is 0.508 e. The van der Waals surface area contributed by atoms with Gasteiger partial charge in [-0.2, -0.15) is 0 Å². The van der Waals surface area contributed by atoms with E-state index in [9.17, 15) is 18.3 Å². The van der Waals surface area contributed by atoms with Gasteiger partial charge in [-0.3, -0.25) is 9.52 Å². The zero-order valence-electron chi connectivity index (χ0n) is 13.9. The summed E-state index contributed by atoms with van der Waals surface area (Å²) in [7, 11) is -3.89. The van der Waals surface area contributed by atoms with Gasteiger partial charge >= 0.3 is 0 Å². The molecule has 0 saturated heterocycles. The number of sulfonamides is 1. The summed E-state index contributed by atoms with van der Waals surface area (Å²) in [6, 6.07) is 18.0. The maximum atomic E-state index is 12.6. The van der Waals surface area contributed by atoms with Crippen LogP contribution < -0.4 is 10.0 Å². The van der Waals surface area contributed by atoms with E-state index in [0.717, 1.165) is 0 Å². The summed E-state index contributed by atoms with van der Waals surface area (Å²) in [4.78, 5) is 12.3. The lowest BCUT2D eigenvalue weighted by molar-refractivity contribution is 0.102. The van der Waals surface area contributed by atoms with E-state index in [0.29, 0.717) is 16.4 Å². The smallest absolute Gasteiger partial charge is 0.261 e. The van der Waals surface area contributed by atoms with E-state index in [2.05, 4.69) is 10.0 Å². The molecule has 138 valence electrons. The van der Waals surface area contributed by atoms with Crippen LogP contribution in [0.5, 0.6) is 5.75 Å².